The zero-order chi connectivity index (χ0) is 18.4. The van der Waals surface area contributed by atoms with Crippen LogP contribution in [0.5, 0.6) is 0 Å². The Hall–Kier alpha value is -1.97. The van der Waals surface area contributed by atoms with E-state index in [-0.39, 0.29) is 13.0 Å². The molecule has 0 spiro atoms. The highest BCUT2D eigenvalue weighted by atomic mass is 32.2. The van der Waals surface area contributed by atoms with Crippen LogP contribution in [0.2, 0.25) is 0 Å². The number of carbonyl (C=O) groups excluding carboxylic acids is 2. The molecule has 0 aliphatic heterocycles. The molecule has 2 unspecified atom stereocenters. The van der Waals surface area contributed by atoms with Gasteiger partial charge in [-0.05, 0) is 18.9 Å². The molecule has 2 N–H and O–H groups in total. The summed E-state index contributed by atoms with van der Waals surface area (Å²) in [7, 11) is -3.14. The lowest BCUT2D eigenvalue weighted by atomic mass is 9.89. The van der Waals surface area contributed by atoms with Crippen molar-refractivity contribution in [1.29, 1.82) is 0 Å². The molecule has 2 atom stereocenters. The van der Waals surface area contributed by atoms with E-state index < -0.39 is 33.7 Å². The van der Waals surface area contributed by atoms with Gasteiger partial charge in [-0.15, -0.1) is 0 Å². The van der Waals surface area contributed by atoms with Crippen molar-refractivity contribution >= 4 is 22.1 Å². The fourth-order valence-electron chi connectivity index (χ4n) is 2.15. The Bertz CT molecular complexity index is 674. The van der Waals surface area contributed by atoms with E-state index in [4.69, 9.17) is 14.7 Å². The standard InChI is InChI=1S/C15H21NO7S/c1-4-22-13(17)12(10-11-8-6-5-7-9-11)15(16,14(18)21-2)23-24(3,19)20/h5-9,12H,4,10,16H2,1-3H3. The van der Waals surface area contributed by atoms with Crippen LogP contribution in [-0.2, 0) is 39.8 Å². The van der Waals surface area contributed by atoms with E-state index in [2.05, 4.69) is 4.74 Å². The number of benzene rings is 1. The number of rotatable bonds is 8. The minimum absolute atomic E-state index is 0.0280. The van der Waals surface area contributed by atoms with Crippen molar-refractivity contribution in [2.75, 3.05) is 20.0 Å². The number of esters is 2. The molecule has 0 fully saturated rings. The van der Waals surface area contributed by atoms with Crippen LogP contribution >= 0.6 is 0 Å². The summed E-state index contributed by atoms with van der Waals surface area (Å²) >= 11 is 0. The maximum atomic E-state index is 12.3. The van der Waals surface area contributed by atoms with E-state index in [1.54, 1.807) is 37.3 Å². The Balaban J connectivity index is 3.33. The first-order valence-corrected chi connectivity index (χ1v) is 8.94. The summed E-state index contributed by atoms with van der Waals surface area (Å²) in [5, 5.41) is 0. The molecule has 9 heteroatoms. The van der Waals surface area contributed by atoms with Crippen molar-refractivity contribution in [2.45, 2.75) is 19.1 Å². The minimum Gasteiger partial charge on any atom is -0.466 e. The van der Waals surface area contributed by atoms with Crippen LogP contribution in [0.15, 0.2) is 30.3 Å². The van der Waals surface area contributed by atoms with Crippen molar-refractivity contribution in [3.63, 3.8) is 0 Å². The molecule has 0 radical (unpaired) electrons. The molecular weight excluding hydrogens is 338 g/mol. The number of carbonyl (C=O) groups is 2. The zero-order valence-electron chi connectivity index (χ0n) is 13.7. The highest BCUT2D eigenvalue weighted by Crippen LogP contribution is 2.26. The molecule has 0 amide bonds. The van der Waals surface area contributed by atoms with Gasteiger partial charge in [-0.3, -0.25) is 10.5 Å². The minimum atomic E-state index is -4.16. The normalized spacial score (nSPS) is 15.2. The van der Waals surface area contributed by atoms with Gasteiger partial charge in [0.25, 0.3) is 10.1 Å². The number of hydrogen-bond acceptors (Lipinski definition) is 8. The first-order chi connectivity index (χ1) is 11.1. The van der Waals surface area contributed by atoms with E-state index in [0.29, 0.717) is 5.56 Å². The van der Waals surface area contributed by atoms with Gasteiger partial charge in [0.2, 0.25) is 5.72 Å². The number of methoxy groups -OCH3 is 1. The average molecular weight is 359 g/mol. The molecule has 0 bridgehead atoms. The summed E-state index contributed by atoms with van der Waals surface area (Å²) < 4.78 is 37.3. The lowest BCUT2D eigenvalue weighted by Gasteiger charge is -2.31. The Kier molecular flexibility index (Phi) is 6.88. The lowest BCUT2D eigenvalue weighted by molar-refractivity contribution is -0.174. The van der Waals surface area contributed by atoms with Gasteiger partial charge < -0.3 is 9.47 Å². The first-order valence-electron chi connectivity index (χ1n) is 7.12. The second-order valence-electron chi connectivity index (χ2n) is 5.07. The van der Waals surface area contributed by atoms with Crippen LogP contribution in [0.1, 0.15) is 12.5 Å². The average Bonchev–Trinajstić information content (AvgIpc) is 2.51. The zero-order valence-corrected chi connectivity index (χ0v) is 14.5. The largest absolute Gasteiger partial charge is 0.466 e. The molecule has 1 aromatic rings. The Morgan fingerprint density at radius 1 is 1.25 bits per heavy atom. The smallest absolute Gasteiger partial charge is 0.355 e. The monoisotopic (exact) mass is 359 g/mol. The predicted octanol–water partition coefficient (Wildman–Crippen LogP) is 0.213. The van der Waals surface area contributed by atoms with Gasteiger partial charge in [0.05, 0.1) is 20.0 Å². The Morgan fingerprint density at radius 3 is 2.29 bits per heavy atom. The summed E-state index contributed by atoms with van der Waals surface area (Å²) in [6, 6.07) is 8.62. The molecule has 0 aliphatic rings. The van der Waals surface area contributed by atoms with Crippen LogP contribution in [0.4, 0.5) is 0 Å². The summed E-state index contributed by atoms with van der Waals surface area (Å²) in [5.74, 6) is -3.47. The molecule has 0 aliphatic carbocycles. The molecule has 0 saturated heterocycles. The second kappa shape index (κ2) is 8.22. The van der Waals surface area contributed by atoms with E-state index in [0.717, 1.165) is 13.4 Å². The van der Waals surface area contributed by atoms with Crippen molar-refractivity contribution in [2.24, 2.45) is 11.7 Å². The van der Waals surface area contributed by atoms with Gasteiger partial charge in [-0.25, -0.2) is 8.98 Å². The maximum Gasteiger partial charge on any atom is 0.355 e. The van der Waals surface area contributed by atoms with Gasteiger partial charge in [0.1, 0.15) is 5.92 Å². The highest BCUT2D eigenvalue weighted by Gasteiger charge is 2.52. The lowest BCUT2D eigenvalue weighted by Crippen LogP contribution is -2.61. The third kappa shape index (κ3) is 5.29. The molecule has 134 valence electrons. The fourth-order valence-corrected chi connectivity index (χ4v) is 2.83. The van der Waals surface area contributed by atoms with Crippen LogP contribution < -0.4 is 5.73 Å². The van der Waals surface area contributed by atoms with Crippen LogP contribution in [0.3, 0.4) is 0 Å². The van der Waals surface area contributed by atoms with Gasteiger partial charge in [0.15, 0.2) is 0 Å². The predicted molar refractivity (Wildman–Crippen MR) is 85.1 cm³/mol. The van der Waals surface area contributed by atoms with E-state index in [9.17, 15) is 18.0 Å². The van der Waals surface area contributed by atoms with Crippen LogP contribution in [-0.4, -0.2) is 46.1 Å². The first kappa shape index (κ1) is 20.1. The Morgan fingerprint density at radius 2 is 1.83 bits per heavy atom. The summed E-state index contributed by atoms with van der Waals surface area (Å²) in [6.07, 6.45) is 0.656. The SMILES string of the molecule is CCOC(=O)C(Cc1ccccc1)C(N)(OS(C)(=O)=O)C(=O)OC. The van der Waals surface area contributed by atoms with Crippen LogP contribution in [0.25, 0.3) is 0 Å². The van der Waals surface area contributed by atoms with Gasteiger partial charge >= 0.3 is 11.9 Å². The highest BCUT2D eigenvalue weighted by molar-refractivity contribution is 7.86. The van der Waals surface area contributed by atoms with Crippen molar-refractivity contribution in [3.8, 4) is 0 Å². The van der Waals surface area contributed by atoms with Gasteiger partial charge in [-0.2, -0.15) is 8.42 Å². The number of ether oxygens (including phenoxy) is 2. The van der Waals surface area contributed by atoms with E-state index in [1.807, 2.05) is 0 Å². The second-order valence-corrected chi connectivity index (χ2v) is 6.64. The van der Waals surface area contributed by atoms with E-state index in [1.165, 1.54) is 0 Å². The van der Waals surface area contributed by atoms with Crippen LogP contribution in [0, 0.1) is 5.92 Å². The van der Waals surface area contributed by atoms with Crippen molar-refractivity contribution in [1.82, 2.24) is 0 Å². The van der Waals surface area contributed by atoms with Gasteiger partial charge in [0, 0.05) is 0 Å². The summed E-state index contributed by atoms with van der Waals surface area (Å²) in [4.78, 5) is 24.4. The van der Waals surface area contributed by atoms with Gasteiger partial charge in [-0.1, -0.05) is 30.3 Å². The molecule has 8 nitrogen and oxygen atoms in total. The summed E-state index contributed by atoms with van der Waals surface area (Å²) in [6.45, 7) is 1.60. The topological polar surface area (TPSA) is 122 Å². The third-order valence-electron chi connectivity index (χ3n) is 3.17. The molecule has 1 aromatic carbocycles. The maximum absolute atomic E-state index is 12.3. The molecule has 24 heavy (non-hydrogen) atoms. The molecule has 1 rings (SSSR count). The molecule has 0 heterocycles. The Labute approximate surface area is 141 Å². The fraction of sp³-hybridized carbons (Fsp3) is 0.467. The van der Waals surface area contributed by atoms with E-state index >= 15 is 0 Å². The molecule has 0 aromatic heterocycles. The quantitative estimate of drug-likeness (QED) is 0.397. The summed E-state index contributed by atoms with van der Waals surface area (Å²) in [5.41, 5.74) is 3.99. The van der Waals surface area contributed by atoms with Crippen molar-refractivity contribution < 1.29 is 31.7 Å². The van der Waals surface area contributed by atoms with Crippen molar-refractivity contribution in [3.05, 3.63) is 35.9 Å². The molecular formula is C15H21NO7S. The number of nitrogens with two attached hydrogens (primary N) is 1. The number of hydrogen-bond donors (Lipinski definition) is 1. The molecule has 0 saturated carbocycles. The third-order valence-corrected chi connectivity index (χ3v) is 3.74.